The van der Waals surface area contributed by atoms with Gasteiger partial charge in [0.2, 0.25) is 0 Å². The molecule has 21 heavy (non-hydrogen) atoms. The van der Waals surface area contributed by atoms with Crippen molar-refractivity contribution in [1.29, 1.82) is 5.26 Å². The van der Waals surface area contributed by atoms with Gasteiger partial charge < -0.3 is 0 Å². The zero-order valence-electron chi connectivity index (χ0n) is 11.7. The minimum absolute atomic E-state index is 0.335. The first kappa shape index (κ1) is 14.3. The fourth-order valence-electron chi connectivity index (χ4n) is 3.23. The Morgan fingerprint density at radius 1 is 1.24 bits per heavy atom. The molecule has 5 heteroatoms. The van der Waals surface area contributed by atoms with E-state index in [1.807, 2.05) is 0 Å². The summed E-state index contributed by atoms with van der Waals surface area (Å²) >= 11 is 3.32. The summed E-state index contributed by atoms with van der Waals surface area (Å²) in [6.45, 7) is 2.14. The molecule has 1 heterocycles. The minimum atomic E-state index is -0.980. The Morgan fingerprint density at radius 3 is 2.48 bits per heavy atom. The minimum Gasteiger partial charge on any atom is -0.269 e. The fraction of sp³-hybridized carbons (Fsp3) is 0.438. The van der Waals surface area contributed by atoms with E-state index < -0.39 is 5.54 Å². The smallest absolute Gasteiger partial charge is 0.262 e. The first-order chi connectivity index (χ1) is 9.98. The third-order valence-electron chi connectivity index (χ3n) is 4.59. The molecule has 1 aliphatic carbocycles. The van der Waals surface area contributed by atoms with Crippen LogP contribution in [0.3, 0.4) is 0 Å². The largest absolute Gasteiger partial charge is 0.269 e. The molecule has 2 amide bonds. The highest BCUT2D eigenvalue weighted by atomic mass is 79.9. The van der Waals surface area contributed by atoms with Crippen LogP contribution >= 0.6 is 15.9 Å². The van der Waals surface area contributed by atoms with Crippen LogP contribution in [0.4, 0.5) is 0 Å². The molecule has 0 spiro atoms. The van der Waals surface area contributed by atoms with Crippen LogP contribution in [0.5, 0.6) is 0 Å². The highest BCUT2D eigenvalue weighted by Gasteiger charge is 2.50. The van der Waals surface area contributed by atoms with E-state index in [1.165, 1.54) is 4.90 Å². The van der Waals surface area contributed by atoms with Crippen molar-refractivity contribution in [2.45, 2.75) is 38.1 Å². The van der Waals surface area contributed by atoms with Crippen LogP contribution in [0.1, 0.15) is 53.3 Å². The lowest BCUT2D eigenvalue weighted by atomic mass is 9.77. The van der Waals surface area contributed by atoms with Gasteiger partial charge in [-0.25, -0.2) is 0 Å². The van der Waals surface area contributed by atoms with Gasteiger partial charge in [-0.05, 0) is 49.8 Å². The number of hydrogen-bond donors (Lipinski definition) is 0. The van der Waals surface area contributed by atoms with Gasteiger partial charge in [0.15, 0.2) is 0 Å². The highest BCUT2D eigenvalue weighted by Crippen LogP contribution is 2.40. The van der Waals surface area contributed by atoms with Gasteiger partial charge >= 0.3 is 0 Å². The van der Waals surface area contributed by atoms with Crippen molar-refractivity contribution in [2.24, 2.45) is 5.92 Å². The van der Waals surface area contributed by atoms with Crippen LogP contribution in [0.15, 0.2) is 22.7 Å². The van der Waals surface area contributed by atoms with Gasteiger partial charge in [0.05, 0.1) is 17.2 Å². The molecule has 0 N–H and O–H groups in total. The summed E-state index contributed by atoms with van der Waals surface area (Å²) < 4.78 is 0.757. The number of benzene rings is 1. The summed E-state index contributed by atoms with van der Waals surface area (Å²) in [6, 6.07) is 7.32. The predicted octanol–water partition coefficient (Wildman–Crippen LogP) is 3.52. The Morgan fingerprint density at radius 2 is 1.86 bits per heavy atom. The topological polar surface area (TPSA) is 61.2 Å². The standard InChI is InChI=1S/C16H15BrN2O2/c1-10-4-6-16(9-18,7-5-10)19-14(20)12-3-2-11(17)8-13(12)15(19)21/h2-3,8,10H,4-7H2,1H3. The number of nitrogens with zero attached hydrogens (tertiary/aromatic N) is 2. The first-order valence-electron chi connectivity index (χ1n) is 7.08. The molecule has 3 rings (SSSR count). The fourth-order valence-corrected chi connectivity index (χ4v) is 3.59. The Labute approximate surface area is 131 Å². The molecule has 1 aromatic rings. The molecule has 1 aliphatic heterocycles. The average Bonchev–Trinajstić information content (AvgIpc) is 2.73. The summed E-state index contributed by atoms with van der Waals surface area (Å²) in [5.74, 6) is -0.137. The molecule has 0 atom stereocenters. The molecular weight excluding hydrogens is 332 g/mol. The zero-order chi connectivity index (χ0) is 15.2. The SMILES string of the molecule is CC1CCC(C#N)(N2C(=O)c3ccc(Br)cc3C2=O)CC1. The third kappa shape index (κ3) is 2.09. The Balaban J connectivity index is 2.03. The van der Waals surface area contributed by atoms with E-state index in [2.05, 4.69) is 28.9 Å². The molecule has 0 saturated heterocycles. The van der Waals surface area contributed by atoms with Crippen molar-refractivity contribution in [3.8, 4) is 6.07 Å². The van der Waals surface area contributed by atoms with Crippen molar-refractivity contribution in [1.82, 2.24) is 4.90 Å². The van der Waals surface area contributed by atoms with Crippen molar-refractivity contribution in [2.75, 3.05) is 0 Å². The number of imide groups is 1. The van der Waals surface area contributed by atoms with Gasteiger partial charge in [-0.1, -0.05) is 22.9 Å². The number of nitriles is 1. The Bertz CT molecular complexity index is 669. The second kappa shape index (κ2) is 4.96. The van der Waals surface area contributed by atoms with Gasteiger partial charge in [-0.3, -0.25) is 14.5 Å². The van der Waals surface area contributed by atoms with Crippen molar-refractivity contribution in [3.05, 3.63) is 33.8 Å². The predicted molar refractivity (Wildman–Crippen MR) is 80.6 cm³/mol. The number of carbonyl (C=O) groups excluding carboxylic acids is 2. The van der Waals surface area contributed by atoms with E-state index in [9.17, 15) is 14.9 Å². The quantitative estimate of drug-likeness (QED) is 0.731. The lowest BCUT2D eigenvalue weighted by molar-refractivity contribution is 0.0421. The van der Waals surface area contributed by atoms with Crippen LogP contribution < -0.4 is 0 Å². The number of carbonyl (C=O) groups is 2. The maximum Gasteiger partial charge on any atom is 0.262 e. The van der Waals surface area contributed by atoms with Gasteiger partial charge in [0.25, 0.3) is 11.8 Å². The maximum atomic E-state index is 12.6. The van der Waals surface area contributed by atoms with Gasteiger partial charge in [-0.2, -0.15) is 5.26 Å². The van der Waals surface area contributed by atoms with E-state index in [4.69, 9.17) is 0 Å². The van der Waals surface area contributed by atoms with Crippen LogP contribution in [0.25, 0.3) is 0 Å². The monoisotopic (exact) mass is 346 g/mol. The summed E-state index contributed by atoms with van der Waals surface area (Å²) in [6.07, 6.45) is 2.87. The van der Waals surface area contributed by atoms with Crippen molar-refractivity contribution in [3.63, 3.8) is 0 Å². The first-order valence-corrected chi connectivity index (χ1v) is 7.87. The number of rotatable bonds is 1. The van der Waals surface area contributed by atoms with E-state index in [0.717, 1.165) is 17.3 Å². The Hall–Kier alpha value is -1.67. The number of fused-ring (bicyclic) bond motifs is 1. The lowest BCUT2D eigenvalue weighted by Crippen LogP contribution is -2.52. The number of amides is 2. The highest BCUT2D eigenvalue weighted by molar-refractivity contribution is 9.10. The average molecular weight is 347 g/mol. The van der Waals surface area contributed by atoms with Crippen LogP contribution in [0, 0.1) is 17.2 Å². The van der Waals surface area contributed by atoms with E-state index in [-0.39, 0.29) is 11.8 Å². The molecule has 2 aliphatic rings. The van der Waals surface area contributed by atoms with E-state index in [1.54, 1.807) is 18.2 Å². The molecule has 0 unspecified atom stereocenters. The van der Waals surface area contributed by atoms with Crippen LogP contribution in [0.2, 0.25) is 0 Å². The molecule has 1 saturated carbocycles. The number of halogens is 1. The van der Waals surface area contributed by atoms with E-state index in [0.29, 0.717) is 29.9 Å². The molecule has 0 aromatic heterocycles. The maximum absolute atomic E-state index is 12.6. The van der Waals surface area contributed by atoms with Gasteiger partial charge in [-0.15, -0.1) is 0 Å². The van der Waals surface area contributed by atoms with Gasteiger partial charge in [0, 0.05) is 4.47 Å². The number of hydrogen-bond acceptors (Lipinski definition) is 3. The zero-order valence-corrected chi connectivity index (χ0v) is 13.3. The van der Waals surface area contributed by atoms with E-state index >= 15 is 0 Å². The molecule has 4 nitrogen and oxygen atoms in total. The van der Waals surface area contributed by atoms with Crippen molar-refractivity contribution < 1.29 is 9.59 Å². The van der Waals surface area contributed by atoms with Gasteiger partial charge in [0.1, 0.15) is 5.54 Å². The summed E-state index contributed by atoms with van der Waals surface area (Å²) in [4.78, 5) is 26.4. The second-order valence-electron chi connectivity index (χ2n) is 5.96. The van der Waals surface area contributed by atoms with Crippen LogP contribution in [-0.4, -0.2) is 22.3 Å². The molecule has 1 fully saturated rings. The molecule has 1 aromatic carbocycles. The molecule has 0 radical (unpaired) electrons. The normalized spacial score (nSPS) is 28.4. The molecule has 108 valence electrons. The van der Waals surface area contributed by atoms with Crippen molar-refractivity contribution >= 4 is 27.7 Å². The third-order valence-corrected chi connectivity index (χ3v) is 5.08. The summed E-state index contributed by atoms with van der Waals surface area (Å²) in [5, 5.41) is 9.65. The second-order valence-corrected chi connectivity index (χ2v) is 6.88. The van der Waals surface area contributed by atoms with Crippen LogP contribution in [-0.2, 0) is 0 Å². The summed E-state index contributed by atoms with van der Waals surface area (Å²) in [5.41, 5.74) is -0.189. The Kier molecular flexibility index (Phi) is 3.37. The lowest BCUT2D eigenvalue weighted by Gasteiger charge is -2.39. The molecular formula is C16H15BrN2O2. The summed E-state index contributed by atoms with van der Waals surface area (Å²) in [7, 11) is 0. The molecule has 0 bridgehead atoms.